The summed E-state index contributed by atoms with van der Waals surface area (Å²) in [6.07, 6.45) is 7.35. The zero-order valence-corrected chi connectivity index (χ0v) is 14.2. The largest absolute Gasteiger partial charge is 0.358 e. The van der Waals surface area contributed by atoms with Crippen LogP contribution in [0.1, 0.15) is 52.4 Å². The van der Waals surface area contributed by atoms with Crippen molar-refractivity contribution in [2.75, 3.05) is 13.1 Å². The Hall–Kier alpha value is -0.290. The van der Waals surface area contributed by atoms with Crippen molar-refractivity contribution >= 4 is 34.2 Å². The van der Waals surface area contributed by atoms with E-state index in [0.29, 0.717) is 12.0 Å². The minimum Gasteiger partial charge on any atom is -0.358 e. The minimum atomic E-state index is -0.0859. The molecule has 3 atom stereocenters. The normalized spacial score (nSPS) is 28.2. The molecule has 1 heterocycles. The Labute approximate surface area is 132 Å². The summed E-state index contributed by atoms with van der Waals surface area (Å²) >= 11 is 6.99. The van der Waals surface area contributed by atoms with Crippen LogP contribution in [0.25, 0.3) is 0 Å². The fraction of sp³-hybridized carbons (Fsp3) is 0.867. The fourth-order valence-electron chi connectivity index (χ4n) is 3.01. The highest BCUT2D eigenvalue weighted by molar-refractivity contribution is 8.23. The molecule has 2 rings (SSSR count). The molecule has 0 aromatic rings. The Kier molecular flexibility index (Phi) is 6.15. The number of carbonyl (C=O) groups is 1. The molecule has 0 bridgehead atoms. The Morgan fingerprint density at radius 1 is 1.25 bits per heavy atom. The van der Waals surface area contributed by atoms with E-state index in [4.69, 9.17) is 12.2 Å². The predicted molar refractivity (Wildman–Crippen MR) is 90.0 cm³/mol. The summed E-state index contributed by atoms with van der Waals surface area (Å²) in [5, 5.41) is 3.14. The van der Waals surface area contributed by atoms with Crippen molar-refractivity contribution < 1.29 is 4.79 Å². The average Bonchev–Trinajstić information content (AvgIpc) is 2.95. The summed E-state index contributed by atoms with van der Waals surface area (Å²) in [5.41, 5.74) is 0. The van der Waals surface area contributed by atoms with Gasteiger partial charge >= 0.3 is 0 Å². The lowest BCUT2D eigenvalue weighted by molar-refractivity contribution is -0.121. The van der Waals surface area contributed by atoms with Crippen LogP contribution in [0.4, 0.5) is 0 Å². The van der Waals surface area contributed by atoms with Gasteiger partial charge in [-0.15, -0.1) is 0 Å². The molecule has 1 N–H and O–H groups in total. The minimum absolute atomic E-state index is 0.0859. The van der Waals surface area contributed by atoms with Crippen molar-refractivity contribution in [3.63, 3.8) is 0 Å². The van der Waals surface area contributed by atoms with Crippen molar-refractivity contribution in [1.29, 1.82) is 0 Å². The van der Waals surface area contributed by atoms with Crippen molar-refractivity contribution in [3.05, 3.63) is 0 Å². The van der Waals surface area contributed by atoms with Gasteiger partial charge in [0.15, 0.2) is 0 Å². The average molecular weight is 315 g/mol. The highest BCUT2D eigenvalue weighted by Gasteiger charge is 2.26. The smallest absolute Gasteiger partial charge is 0.233 e. The molecule has 0 aromatic carbocycles. The molecule has 2 fully saturated rings. The van der Waals surface area contributed by atoms with Crippen LogP contribution >= 0.6 is 24.0 Å². The number of carbonyl (C=O) groups excluding carboxylic acids is 1. The first-order chi connectivity index (χ1) is 9.58. The molecule has 1 saturated heterocycles. The van der Waals surface area contributed by atoms with Crippen molar-refractivity contribution in [2.24, 2.45) is 5.92 Å². The van der Waals surface area contributed by atoms with Crippen LogP contribution in [0.3, 0.4) is 0 Å². The summed E-state index contributed by atoms with van der Waals surface area (Å²) in [7, 11) is 0. The van der Waals surface area contributed by atoms with E-state index in [1.807, 2.05) is 6.92 Å². The predicted octanol–water partition coefficient (Wildman–Crippen LogP) is 3.18. The second-order valence-corrected chi connectivity index (χ2v) is 8.07. The van der Waals surface area contributed by atoms with E-state index in [-0.39, 0.29) is 11.2 Å². The third kappa shape index (κ3) is 4.35. The number of nitrogens with zero attached hydrogens (tertiary/aromatic N) is 1. The lowest BCUT2D eigenvalue weighted by Gasteiger charge is -2.30. The summed E-state index contributed by atoms with van der Waals surface area (Å²) in [6.45, 7) is 6.33. The van der Waals surface area contributed by atoms with Crippen LogP contribution in [0.15, 0.2) is 0 Å². The molecule has 114 valence electrons. The zero-order chi connectivity index (χ0) is 14.5. The summed E-state index contributed by atoms with van der Waals surface area (Å²) < 4.78 is 0.891. The molecule has 1 amide bonds. The number of likely N-dealkylation sites (tertiary alicyclic amines) is 1. The molecular formula is C15H26N2OS2. The molecule has 1 saturated carbocycles. The molecule has 0 spiro atoms. The van der Waals surface area contributed by atoms with Gasteiger partial charge in [0.2, 0.25) is 5.91 Å². The van der Waals surface area contributed by atoms with Crippen LogP contribution in [0, 0.1) is 5.92 Å². The van der Waals surface area contributed by atoms with Gasteiger partial charge in [-0.05, 0) is 38.5 Å². The maximum atomic E-state index is 12.3. The molecule has 1 aliphatic heterocycles. The van der Waals surface area contributed by atoms with Gasteiger partial charge in [-0.1, -0.05) is 43.7 Å². The molecule has 3 nitrogen and oxygen atoms in total. The van der Waals surface area contributed by atoms with Crippen LogP contribution in [0.5, 0.6) is 0 Å². The Morgan fingerprint density at radius 3 is 2.55 bits per heavy atom. The van der Waals surface area contributed by atoms with Gasteiger partial charge in [-0.3, -0.25) is 4.79 Å². The molecule has 5 heteroatoms. The Bertz CT molecular complexity index is 356. The topological polar surface area (TPSA) is 32.3 Å². The number of thiocarbonyl (C=S) groups is 1. The molecule has 1 aliphatic carbocycles. The van der Waals surface area contributed by atoms with Crippen LogP contribution < -0.4 is 5.32 Å². The van der Waals surface area contributed by atoms with E-state index in [1.165, 1.54) is 32.1 Å². The maximum Gasteiger partial charge on any atom is 0.233 e. The molecular weight excluding hydrogens is 288 g/mol. The number of hydrogen-bond donors (Lipinski definition) is 1. The lowest BCUT2D eigenvalue weighted by atomic mass is 9.86. The number of rotatable bonds is 3. The second kappa shape index (κ2) is 7.64. The fourth-order valence-corrected chi connectivity index (χ4v) is 4.43. The number of hydrogen-bond acceptors (Lipinski definition) is 3. The summed E-state index contributed by atoms with van der Waals surface area (Å²) in [4.78, 5) is 14.5. The highest BCUT2D eigenvalue weighted by Crippen LogP contribution is 2.25. The molecule has 0 radical (unpaired) electrons. The van der Waals surface area contributed by atoms with Crippen molar-refractivity contribution in [3.8, 4) is 0 Å². The van der Waals surface area contributed by atoms with E-state index >= 15 is 0 Å². The van der Waals surface area contributed by atoms with Gasteiger partial charge in [-0.25, -0.2) is 0 Å². The van der Waals surface area contributed by atoms with Gasteiger partial charge in [0, 0.05) is 19.1 Å². The quantitative estimate of drug-likeness (QED) is 0.811. The SMILES string of the molecule is CC(SC(=S)N1CCCC1)C(=O)NC1CCCCC1C. The van der Waals surface area contributed by atoms with Gasteiger partial charge in [-0.2, -0.15) is 0 Å². The summed E-state index contributed by atoms with van der Waals surface area (Å²) in [5.74, 6) is 0.755. The van der Waals surface area contributed by atoms with Crippen LogP contribution in [-0.2, 0) is 4.79 Å². The van der Waals surface area contributed by atoms with Crippen molar-refractivity contribution in [1.82, 2.24) is 10.2 Å². The zero-order valence-electron chi connectivity index (χ0n) is 12.6. The monoisotopic (exact) mass is 314 g/mol. The number of amides is 1. The molecule has 2 aliphatic rings. The van der Waals surface area contributed by atoms with E-state index in [9.17, 15) is 4.79 Å². The molecule has 3 unspecified atom stereocenters. The number of thioether (sulfide) groups is 1. The Balaban J connectivity index is 1.77. The van der Waals surface area contributed by atoms with Crippen molar-refractivity contribution in [2.45, 2.75) is 63.7 Å². The van der Waals surface area contributed by atoms with E-state index in [2.05, 4.69) is 17.1 Å². The first-order valence-corrected chi connectivity index (χ1v) is 9.12. The third-order valence-corrected chi connectivity index (χ3v) is 6.02. The molecule has 0 aromatic heterocycles. The standard InChI is InChI=1S/C15H26N2OS2/c1-11-7-3-4-8-13(11)16-14(18)12(2)20-15(19)17-9-5-6-10-17/h11-13H,3-10H2,1-2H3,(H,16,18). The second-order valence-electron chi connectivity index (χ2n) is 6.10. The van der Waals surface area contributed by atoms with Gasteiger partial charge in [0.1, 0.15) is 4.32 Å². The van der Waals surface area contributed by atoms with Crippen LogP contribution in [0.2, 0.25) is 0 Å². The Morgan fingerprint density at radius 2 is 1.90 bits per heavy atom. The highest BCUT2D eigenvalue weighted by atomic mass is 32.2. The van der Waals surface area contributed by atoms with Gasteiger partial charge in [0.25, 0.3) is 0 Å². The van der Waals surface area contributed by atoms with E-state index in [0.717, 1.165) is 23.8 Å². The van der Waals surface area contributed by atoms with E-state index < -0.39 is 0 Å². The lowest BCUT2D eigenvalue weighted by Crippen LogP contribution is -2.44. The first-order valence-electron chi connectivity index (χ1n) is 7.84. The van der Waals surface area contributed by atoms with E-state index in [1.54, 1.807) is 11.8 Å². The van der Waals surface area contributed by atoms with Gasteiger partial charge in [0.05, 0.1) is 5.25 Å². The van der Waals surface area contributed by atoms with Gasteiger partial charge < -0.3 is 10.2 Å². The summed E-state index contributed by atoms with van der Waals surface area (Å²) in [6, 6.07) is 0.361. The first kappa shape index (κ1) is 16.1. The third-order valence-electron chi connectivity index (χ3n) is 4.45. The maximum absolute atomic E-state index is 12.3. The van der Waals surface area contributed by atoms with Crippen LogP contribution in [-0.4, -0.2) is 39.5 Å². The number of nitrogens with one attached hydrogen (secondary N) is 1. The molecule has 20 heavy (non-hydrogen) atoms.